The van der Waals surface area contributed by atoms with Crippen LogP contribution in [-0.2, 0) is 0 Å². The van der Waals surface area contributed by atoms with Gasteiger partial charge in [-0.3, -0.25) is 0 Å². The first-order chi connectivity index (χ1) is 17.7. The molecule has 0 aliphatic carbocycles. The van der Waals surface area contributed by atoms with E-state index < -0.39 is 0 Å². The van der Waals surface area contributed by atoms with Crippen LogP contribution in [0.25, 0.3) is 33.5 Å². The molecule has 0 aliphatic heterocycles. The number of fused-ring (bicyclic) bond motifs is 1. The van der Waals surface area contributed by atoms with E-state index in [9.17, 15) is 0 Å². The number of aromatic nitrogens is 3. The van der Waals surface area contributed by atoms with Crippen molar-refractivity contribution in [1.29, 1.82) is 5.26 Å². The van der Waals surface area contributed by atoms with Gasteiger partial charge >= 0.3 is 0 Å². The summed E-state index contributed by atoms with van der Waals surface area (Å²) >= 11 is 0. The lowest BCUT2D eigenvalue weighted by Gasteiger charge is -2.12. The smallest absolute Gasteiger partial charge is 0.174 e. The standard InChI is InChI=1S/C27H21N5O4/c1-33-25-13-21-23(15-26(25)34-2)29-16-30-27(21)31-19-7-3-18(4-8-19)24-14-22(32-36-24)17-5-9-20(10-6-17)35-12-11-28/h3-10,13-16H,12H2,1-2H3,(H,29,30,31). The quantitative estimate of drug-likeness (QED) is 0.303. The summed E-state index contributed by atoms with van der Waals surface area (Å²) in [6, 6.07) is 22.6. The zero-order valence-electron chi connectivity index (χ0n) is 19.6. The van der Waals surface area contributed by atoms with Gasteiger partial charge < -0.3 is 24.1 Å². The van der Waals surface area contributed by atoms with Crippen molar-refractivity contribution in [1.82, 2.24) is 15.1 Å². The molecule has 3 aromatic carbocycles. The zero-order valence-corrected chi connectivity index (χ0v) is 19.6. The monoisotopic (exact) mass is 479 g/mol. The molecule has 0 spiro atoms. The van der Waals surface area contributed by atoms with Gasteiger partial charge in [0.15, 0.2) is 23.9 Å². The summed E-state index contributed by atoms with van der Waals surface area (Å²) in [4.78, 5) is 8.74. The third kappa shape index (κ3) is 4.60. The number of ether oxygens (including phenoxy) is 3. The molecule has 178 valence electrons. The van der Waals surface area contributed by atoms with E-state index in [1.807, 2.05) is 60.7 Å². The molecule has 0 atom stereocenters. The first kappa shape index (κ1) is 22.7. The third-order valence-corrected chi connectivity index (χ3v) is 5.54. The predicted molar refractivity (Wildman–Crippen MR) is 134 cm³/mol. The van der Waals surface area contributed by atoms with Crippen molar-refractivity contribution < 1.29 is 18.7 Å². The fourth-order valence-electron chi connectivity index (χ4n) is 3.72. The molecule has 5 rings (SSSR count). The molecule has 0 amide bonds. The van der Waals surface area contributed by atoms with E-state index in [-0.39, 0.29) is 6.61 Å². The molecule has 5 aromatic rings. The van der Waals surface area contributed by atoms with Gasteiger partial charge in [-0.15, -0.1) is 0 Å². The summed E-state index contributed by atoms with van der Waals surface area (Å²) in [5.41, 5.74) is 4.06. The van der Waals surface area contributed by atoms with Crippen molar-refractivity contribution in [2.75, 3.05) is 26.1 Å². The summed E-state index contributed by atoms with van der Waals surface area (Å²) in [5.74, 6) is 3.13. The number of hydrogen-bond donors (Lipinski definition) is 1. The fourth-order valence-corrected chi connectivity index (χ4v) is 3.72. The van der Waals surface area contributed by atoms with Gasteiger partial charge in [-0.05, 0) is 54.6 Å². The van der Waals surface area contributed by atoms with Gasteiger partial charge in [0.1, 0.15) is 29.7 Å². The maximum absolute atomic E-state index is 8.63. The van der Waals surface area contributed by atoms with E-state index in [2.05, 4.69) is 20.4 Å². The van der Waals surface area contributed by atoms with Crippen molar-refractivity contribution in [3.63, 3.8) is 0 Å². The maximum atomic E-state index is 8.63. The molecule has 1 N–H and O–H groups in total. The summed E-state index contributed by atoms with van der Waals surface area (Å²) in [7, 11) is 3.18. The highest BCUT2D eigenvalue weighted by molar-refractivity contribution is 5.93. The molecule has 0 saturated carbocycles. The zero-order chi connectivity index (χ0) is 24.9. The first-order valence-corrected chi connectivity index (χ1v) is 11.0. The molecule has 0 aliphatic rings. The number of nitriles is 1. The number of nitrogens with zero attached hydrogens (tertiary/aromatic N) is 4. The van der Waals surface area contributed by atoms with Crippen LogP contribution in [0.15, 0.2) is 77.6 Å². The van der Waals surface area contributed by atoms with E-state index in [1.54, 1.807) is 26.4 Å². The first-order valence-electron chi connectivity index (χ1n) is 11.0. The normalized spacial score (nSPS) is 10.6. The molecule has 2 heterocycles. The van der Waals surface area contributed by atoms with E-state index in [4.69, 9.17) is 24.0 Å². The van der Waals surface area contributed by atoms with Crippen LogP contribution in [0.5, 0.6) is 17.2 Å². The summed E-state index contributed by atoms with van der Waals surface area (Å²) in [6.07, 6.45) is 1.50. The highest BCUT2D eigenvalue weighted by Crippen LogP contribution is 2.35. The lowest BCUT2D eigenvalue weighted by Crippen LogP contribution is -1.98. The lowest BCUT2D eigenvalue weighted by atomic mass is 10.1. The second-order valence-corrected chi connectivity index (χ2v) is 7.70. The van der Waals surface area contributed by atoms with Crippen LogP contribution in [0.4, 0.5) is 11.5 Å². The van der Waals surface area contributed by atoms with Crippen LogP contribution < -0.4 is 19.5 Å². The molecule has 9 nitrogen and oxygen atoms in total. The number of hydrogen-bond acceptors (Lipinski definition) is 9. The Hall–Kier alpha value is -5.10. The Morgan fingerprint density at radius 2 is 1.61 bits per heavy atom. The molecule has 2 aromatic heterocycles. The fraction of sp³-hybridized carbons (Fsp3) is 0.111. The summed E-state index contributed by atoms with van der Waals surface area (Å²) < 4.78 is 21.7. The second kappa shape index (κ2) is 10.0. The lowest BCUT2D eigenvalue weighted by molar-refractivity contribution is 0.356. The molecular formula is C27H21N5O4. The van der Waals surface area contributed by atoms with E-state index >= 15 is 0 Å². The number of nitrogens with one attached hydrogen (secondary N) is 1. The number of methoxy groups -OCH3 is 2. The van der Waals surface area contributed by atoms with Gasteiger partial charge in [-0.25, -0.2) is 9.97 Å². The van der Waals surface area contributed by atoms with Crippen LogP contribution in [0.3, 0.4) is 0 Å². The van der Waals surface area contributed by atoms with Crippen molar-refractivity contribution in [3.8, 4) is 45.9 Å². The van der Waals surface area contributed by atoms with Gasteiger partial charge in [0.25, 0.3) is 0 Å². The molecule has 0 saturated heterocycles. The average molecular weight is 479 g/mol. The Labute approximate surface area is 206 Å². The van der Waals surface area contributed by atoms with Crippen LogP contribution in [0.2, 0.25) is 0 Å². The van der Waals surface area contributed by atoms with Crippen molar-refractivity contribution in [3.05, 3.63) is 73.1 Å². The van der Waals surface area contributed by atoms with E-state index in [0.29, 0.717) is 34.5 Å². The Morgan fingerprint density at radius 3 is 2.33 bits per heavy atom. The minimum atomic E-state index is 0.00863. The van der Waals surface area contributed by atoms with Crippen LogP contribution >= 0.6 is 0 Å². The molecule has 9 heteroatoms. The molecule has 0 fully saturated rings. The molecule has 0 radical (unpaired) electrons. The van der Waals surface area contributed by atoms with Gasteiger partial charge in [-0.2, -0.15) is 5.26 Å². The highest BCUT2D eigenvalue weighted by Gasteiger charge is 2.12. The average Bonchev–Trinajstić information content (AvgIpc) is 3.42. The second-order valence-electron chi connectivity index (χ2n) is 7.70. The van der Waals surface area contributed by atoms with Crippen molar-refractivity contribution in [2.45, 2.75) is 0 Å². The van der Waals surface area contributed by atoms with Crippen LogP contribution in [-0.4, -0.2) is 36.0 Å². The minimum absolute atomic E-state index is 0.00863. The molecular weight excluding hydrogens is 458 g/mol. The Balaban J connectivity index is 1.34. The van der Waals surface area contributed by atoms with Crippen molar-refractivity contribution in [2.24, 2.45) is 0 Å². The summed E-state index contributed by atoms with van der Waals surface area (Å²) in [6.45, 7) is 0.00863. The van der Waals surface area contributed by atoms with E-state index in [1.165, 1.54) is 6.33 Å². The molecule has 0 unspecified atom stereocenters. The Morgan fingerprint density at radius 1 is 0.889 bits per heavy atom. The maximum Gasteiger partial charge on any atom is 0.174 e. The number of benzene rings is 3. The van der Waals surface area contributed by atoms with Crippen molar-refractivity contribution >= 4 is 22.4 Å². The number of rotatable bonds is 8. The minimum Gasteiger partial charge on any atom is -0.493 e. The third-order valence-electron chi connectivity index (χ3n) is 5.54. The van der Waals surface area contributed by atoms with E-state index in [0.717, 1.165) is 27.7 Å². The molecule has 0 bridgehead atoms. The van der Waals surface area contributed by atoms with Gasteiger partial charge in [-0.1, -0.05) is 5.16 Å². The van der Waals surface area contributed by atoms with Gasteiger partial charge in [0.05, 0.1) is 19.7 Å². The topological polar surface area (TPSA) is 115 Å². The Bertz CT molecular complexity index is 1540. The van der Waals surface area contributed by atoms with Gasteiger partial charge in [0, 0.05) is 34.3 Å². The Kier molecular flexibility index (Phi) is 6.32. The van der Waals surface area contributed by atoms with Gasteiger partial charge in [0.2, 0.25) is 0 Å². The highest BCUT2D eigenvalue weighted by atomic mass is 16.5. The number of anilines is 2. The predicted octanol–water partition coefficient (Wildman–Crippen LogP) is 5.61. The van der Waals surface area contributed by atoms with Crippen LogP contribution in [0.1, 0.15) is 0 Å². The van der Waals surface area contributed by atoms with Crippen LogP contribution in [0, 0.1) is 11.3 Å². The summed E-state index contributed by atoms with van der Waals surface area (Å²) in [5, 5.41) is 17.0. The largest absolute Gasteiger partial charge is 0.493 e. The SMILES string of the molecule is COc1cc2ncnc(Nc3ccc(-c4cc(-c5ccc(OCC#N)cc5)no4)cc3)c2cc1OC. The molecule has 36 heavy (non-hydrogen) atoms.